The van der Waals surface area contributed by atoms with Crippen LogP contribution in [0.25, 0.3) is 22.6 Å². The van der Waals surface area contributed by atoms with E-state index in [1.165, 1.54) is 0 Å². The van der Waals surface area contributed by atoms with Crippen molar-refractivity contribution in [2.45, 2.75) is 13.1 Å². The minimum atomic E-state index is -4.31. The van der Waals surface area contributed by atoms with Crippen LogP contribution in [0, 0.1) is 6.92 Å². The van der Waals surface area contributed by atoms with Gasteiger partial charge in [-0.3, -0.25) is 0 Å². The van der Waals surface area contributed by atoms with Crippen molar-refractivity contribution in [3.8, 4) is 22.6 Å². The molecule has 0 saturated heterocycles. The van der Waals surface area contributed by atoms with Gasteiger partial charge in [-0.25, -0.2) is 9.97 Å². The molecule has 4 nitrogen and oxygen atoms in total. The Morgan fingerprint density at radius 1 is 1.14 bits per heavy atom. The van der Waals surface area contributed by atoms with Gasteiger partial charge in [0.2, 0.25) is 0 Å². The van der Waals surface area contributed by atoms with Crippen LogP contribution in [-0.4, -0.2) is 27.7 Å². The number of H-pyrrole nitrogens is 1. The third kappa shape index (κ3) is 3.03. The summed E-state index contributed by atoms with van der Waals surface area (Å²) in [4.78, 5) is 11.5. The second kappa shape index (κ2) is 5.32. The van der Waals surface area contributed by atoms with Gasteiger partial charge in [0.1, 0.15) is 18.1 Å². The van der Waals surface area contributed by atoms with Crippen LogP contribution in [0.4, 0.5) is 19.0 Å². The van der Waals surface area contributed by atoms with Crippen molar-refractivity contribution in [1.82, 2.24) is 15.0 Å². The van der Waals surface area contributed by atoms with Gasteiger partial charge in [0, 0.05) is 5.56 Å². The average molecular weight is 306 g/mol. The van der Waals surface area contributed by atoms with E-state index in [1.807, 2.05) is 30.3 Å². The van der Waals surface area contributed by atoms with Crippen molar-refractivity contribution >= 4 is 5.82 Å². The van der Waals surface area contributed by atoms with Crippen molar-refractivity contribution in [2.75, 3.05) is 11.9 Å². The van der Waals surface area contributed by atoms with E-state index in [4.69, 9.17) is 0 Å². The van der Waals surface area contributed by atoms with Gasteiger partial charge < -0.3 is 10.3 Å². The van der Waals surface area contributed by atoms with Crippen molar-refractivity contribution in [3.63, 3.8) is 0 Å². The highest BCUT2D eigenvalue weighted by atomic mass is 19.4. The summed E-state index contributed by atoms with van der Waals surface area (Å²) in [6.07, 6.45) is -4.31. The Bertz CT molecular complexity index is 749. The Morgan fingerprint density at radius 3 is 2.55 bits per heavy atom. The molecule has 0 unspecified atom stereocenters. The molecule has 2 aliphatic heterocycles. The highest BCUT2D eigenvalue weighted by Gasteiger charge is 2.28. The van der Waals surface area contributed by atoms with Gasteiger partial charge in [-0.05, 0) is 13.0 Å². The standard InChI is InChI=1S/C15H13F3N4/c1-9-20-12-7-11(10-5-3-2-4-6-10)22-13(12)14(21-9)19-8-15(16,17)18/h2-7,19H,8H2,1H3,(H,20,21). The first-order valence-electron chi connectivity index (χ1n) is 6.66. The summed E-state index contributed by atoms with van der Waals surface area (Å²) >= 11 is 0. The van der Waals surface area contributed by atoms with Gasteiger partial charge in [0.25, 0.3) is 0 Å². The van der Waals surface area contributed by atoms with Crippen molar-refractivity contribution in [3.05, 3.63) is 42.2 Å². The first-order chi connectivity index (χ1) is 10.4. The summed E-state index contributed by atoms with van der Waals surface area (Å²) in [5.74, 6) is 0.648. The number of nitrogens with one attached hydrogen (secondary N) is 2. The Morgan fingerprint density at radius 2 is 1.86 bits per heavy atom. The van der Waals surface area contributed by atoms with Gasteiger partial charge >= 0.3 is 6.18 Å². The molecule has 0 saturated carbocycles. The van der Waals surface area contributed by atoms with E-state index in [1.54, 1.807) is 13.0 Å². The first kappa shape index (κ1) is 14.4. The van der Waals surface area contributed by atoms with E-state index in [0.29, 0.717) is 22.9 Å². The lowest BCUT2D eigenvalue weighted by atomic mass is 10.1. The molecule has 1 aromatic carbocycles. The molecule has 0 fully saturated rings. The van der Waals surface area contributed by atoms with Crippen LogP contribution < -0.4 is 5.32 Å². The number of hydrogen-bond donors (Lipinski definition) is 2. The fourth-order valence-corrected chi connectivity index (χ4v) is 2.20. The molecule has 0 spiro atoms. The SMILES string of the molecule is Cc1nc(NCC(F)(F)F)c2nc(-c3ccccc3)cc-2[nH]1. The molecule has 2 aliphatic rings. The molecule has 7 heteroatoms. The maximum absolute atomic E-state index is 12.4. The molecular weight excluding hydrogens is 293 g/mol. The molecule has 2 heterocycles. The Hall–Kier alpha value is -2.57. The van der Waals surface area contributed by atoms with Crippen LogP contribution in [-0.2, 0) is 0 Å². The molecular formula is C15H13F3N4. The molecule has 114 valence electrons. The average Bonchev–Trinajstić information content (AvgIpc) is 2.88. The van der Waals surface area contributed by atoms with Crippen molar-refractivity contribution in [2.24, 2.45) is 0 Å². The number of anilines is 1. The molecule has 0 aliphatic carbocycles. The largest absolute Gasteiger partial charge is 0.405 e. The lowest BCUT2D eigenvalue weighted by Crippen LogP contribution is -2.22. The topological polar surface area (TPSA) is 53.6 Å². The van der Waals surface area contributed by atoms with Gasteiger partial charge in [-0.1, -0.05) is 30.3 Å². The molecule has 0 bridgehead atoms. The van der Waals surface area contributed by atoms with Crippen LogP contribution in [0.1, 0.15) is 5.82 Å². The predicted octanol–water partition coefficient (Wildman–Crippen LogP) is 3.86. The fourth-order valence-electron chi connectivity index (χ4n) is 2.20. The second-order valence-corrected chi connectivity index (χ2v) is 4.91. The van der Waals surface area contributed by atoms with Gasteiger partial charge in [-0.2, -0.15) is 13.2 Å². The van der Waals surface area contributed by atoms with Crippen LogP contribution in [0.5, 0.6) is 0 Å². The van der Waals surface area contributed by atoms with Gasteiger partial charge in [0.15, 0.2) is 5.82 Å². The monoisotopic (exact) mass is 306 g/mol. The number of halogens is 3. The quantitative estimate of drug-likeness (QED) is 0.772. The summed E-state index contributed by atoms with van der Waals surface area (Å²) in [7, 11) is 0. The lowest BCUT2D eigenvalue weighted by molar-refractivity contribution is -0.115. The van der Waals surface area contributed by atoms with Gasteiger partial charge in [0.05, 0.1) is 11.4 Å². The van der Waals surface area contributed by atoms with E-state index in [2.05, 4.69) is 20.3 Å². The van der Waals surface area contributed by atoms with Crippen LogP contribution >= 0.6 is 0 Å². The molecule has 0 radical (unpaired) electrons. The zero-order valence-electron chi connectivity index (χ0n) is 11.7. The number of hydrogen-bond acceptors (Lipinski definition) is 3. The van der Waals surface area contributed by atoms with Crippen molar-refractivity contribution < 1.29 is 13.2 Å². The van der Waals surface area contributed by atoms with E-state index >= 15 is 0 Å². The first-order valence-corrected chi connectivity index (χ1v) is 6.66. The number of nitrogens with zero attached hydrogens (tertiary/aromatic N) is 2. The number of alkyl halides is 3. The molecule has 3 rings (SSSR count). The summed E-state index contributed by atoms with van der Waals surface area (Å²) in [5, 5.41) is 2.31. The summed E-state index contributed by atoms with van der Waals surface area (Å²) in [5.41, 5.74) is 2.63. The molecule has 2 N–H and O–H groups in total. The highest BCUT2D eigenvalue weighted by Crippen LogP contribution is 2.32. The maximum Gasteiger partial charge on any atom is 0.405 e. The minimum Gasteiger partial charge on any atom is -0.359 e. The minimum absolute atomic E-state index is 0.130. The summed E-state index contributed by atoms with van der Waals surface area (Å²) in [6.45, 7) is 0.541. The Labute approximate surface area is 124 Å². The van der Waals surface area contributed by atoms with E-state index in [-0.39, 0.29) is 5.82 Å². The molecule has 0 atom stereocenters. The van der Waals surface area contributed by atoms with Gasteiger partial charge in [-0.15, -0.1) is 0 Å². The third-order valence-electron chi connectivity index (χ3n) is 3.11. The summed E-state index contributed by atoms with van der Waals surface area (Å²) < 4.78 is 37.2. The van der Waals surface area contributed by atoms with Crippen LogP contribution in [0.15, 0.2) is 36.4 Å². The number of aryl methyl sites for hydroxylation is 1. The third-order valence-corrected chi connectivity index (χ3v) is 3.11. The number of benzene rings is 1. The number of aromatic nitrogens is 3. The normalized spacial score (nSPS) is 11.8. The Balaban J connectivity index is 2.01. The van der Waals surface area contributed by atoms with Crippen molar-refractivity contribution in [1.29, 1.82) is 0 Å². The molecule has 0 amide bonds. The molecule has 22 heavy (non-hydrogen) atoms. The number of fused-ring (bicyclic) bond motifs is 1. The Kier molecular flexibility index (Phi) is 3.48. The van der Waals surface area contributed by atoms with E-state index in [9.17, 15) is 13.2 Å². The second-order valence-electron chi connectivity index (χ2n) is 4.91. The molecule has 0 aromatic heterocycles. The summed E-state index contributed by atoms with van der Waals surface area (Å²) in [6, 6.07) is 11.2. The molecule has 1 aromatic rings. The highest BCUT2D eigenvalue weighted by molar-refractivity contribution is 5.77. The number of rotatable bonds is 3. The van der Waals surface area contributed by atoms with Crippen LogP contribution in [0.2, 0.25) is 0 Å². The van der Waals surface area contributed by atoms with Crippen LogP contribution in [0.3, 0.4) is 0 Å². The zero-order valence-corrected chi connectivity index (χ0v) is 11.7. The smallest absolute Gasteiger partial charge is 0.359 e. The van der Waals surface area contributed by atoms with E-state index in [0.717, 1.165) is 5.56 Å². The predicted molar refractivity (Wildman–Crippen MR) is 77.7 cm³/mol. The fraction of sp³-hybridized carbons (Fsp3) is 0.200. The zero-order chi connectivity index (χ0) is 15.7. The number of aromatic amines is 1. The van der Waals surface area contributed by atoms with E-state index < -0.39 is 12.7 Å². The maximum atomic E-state index is 12.4. The lowest BCUT2D eigenvalue weighted by Gasteiger charge is -2.12.